The van der Waals surface area contributed by atoms with Crippen LogP contribution in [0.4, 0.5) is 0 Å². The van der Waals surface area contributed by atoms with Gasteiger partial charge in [-0.3, -0.25) is 19.2 Å². The SMILES string of the molecule is CC(C)C(CC(=O)OCc1ccccc1)C(=O)CC1Cc2cnc([nH]2)CCCCNC(=O)C1=O. The molecule has 1 amide bonds. The van der Waals surface area contributed by atoms with E-state index in [1.807, 2.05) is 44.2 Å². The molecule has 2 bridgehead atoms. The van der Waals surface area contributed by atoms with Gasteiger partial charge in [-0.15, -0.1) is 0 Å². The molecule has 1 aromatic carbocycles. The van der Waals surface area contributed by atoms with Crippen molar-refractivity contribution in [3.63, 3.8) is 0 Å². The molecule has 0 spiro atoms. The van der Waals surface area contributed by atoms with E-state index in [1.165, 1.54) is 0 Å². The Labute approximate surface area is 199 Å². The van der Waals surface area contributed by atoms with Gasteiger partial charge in [-0.1, -0.05) is 44.2 Å². The third kappa shape index (κ3) is 7.37. The third-order valence-electron chi connectivity index (χ3n) is 6.16. The first-order chi connectivity index (χ1) is 16.3. The summed E-state index contributed by atoms with van der Waals surface area (Å²) in [5, 5.41) is 2.67. The first kappa shape index (κ1) is 25.3. The van der Waals surface area contributed by atoms with E-state index in [0.717, 1.165) is 36.3 Å². The van der Waals surface area contributed by atoms with Gasteiger partial charge in [0, 0.05) is 43.1 Å². The number of amides is 1. The molecule has 3 rings (SSSR count). The second-order valence-corrected chi connectivity index (χ2v) is 9.20. The smallest absolute Gasteiger partial charge is 0.306 e. The minimum atomic E-state index is -0.818. The highest BCUT2D eigenvalue weighted by Gasteiger charge is 2.33. The lowest BCUT2D eigenvalue weighted by Crippen LogP contribution is -2.38. The summed E-state index contributed by atoms with van der Waals surface area (Å²) in [6, 6.07) is 9.33. The Bertz CT molecular complexity index is 999. The fourth-order valence-corrected chi connectivity index (χ4v) is 4.14. The number of ketones is 2. The number of aryl methyl sites for hydroxylation is 1. The maximum absolute atomic E-state index is 13.2. The minimum Gasteiger partial charge on any atom is -0.461 e. The molecule has 0 saturated heterocycles. The van der Waals surface area contributed by atoms with Crippen molar-refractivity contribution in [1.29, 1.82) is 0 Å². The molecule has 1 aliphatic rings. The highest BCUT2D eigenvalue weighted by atomic mass is 16.5. The maximum Gasteiger partial charge on any atom is 0.306 e. The average Bonchev–Trinajstić information content (AvgIpc) is 3.27. The molecule has 0 radical (unpaired) electrons. The van der Waals surface area contributed by atoms with Crippen LogP contribution < -0.4 is 5.32 Å². The number of carbonyl (C=O) groups is 4. The van der Waals surface area contributed by atoms with Crippen LogP contribution in [0.5, 0.6) is 0 Å². The molecule has 2 heterocycles. The van der Waals surface area contributed by atoms with Crippen LogP contribution in [0.2, 0.25) is 0 Å². The number of hydrogen-bond donors (Lipinski definition) is 2. The van der Waals surface area contributed by atoms with Crippen molar-refractivity contribution < 1.29 is 23.9 Å². The Hall–Kier alpha value is -3.29. The molecule has 8 nitrogen and oxygen atoms in total. The number of ether oxygens (including phenoxy) is 1. The lowest BCUT2D eigenvalue weighted by molar-refractivity contribution is -0.149. The molecular formula is C26H33N3O5. The van der Waals surface area contributed by atoms with Crippen LogP contribution in [-0.4, -0.2) is 40.0 Å². The molecule has 2 unspecified atom stereocenters. The van der Waals surface area contributed by atoms with Crippen molar-refractivity contribution in [2.24, 2.45) is 17.8 Å². The van der Waals surface area contributed by atoms with Crippen LogP contribution in [0.25, 0.3) is 0 Å². The van der Waals surface area contributed by atoms with Gasteiger partial charge in [0.25, 0.3) is 5.91 Å². The number of esters is 1. The second kappa shape index (κ2) is 12.3. The van der Waals surface area contributed by atoms with Gasteiger partial charge in [-0.25, -0.2) is 4.98 Å². The van der Waals surface area contributed by atoms with Gasteiger partial charge >= 0.3 is 5.97 Å². The lowest BCUT2D eigenvalue weighted by Gasteiger charge is -2.22. The molecule has 34 heavy (non-hydrogen) atoms. The van der Waals surface area contributed by atoms with Crippen molar-refractivity contribution >= 4 is 23.4 Å². The van der Waals surface area contributed by atoms with Gasteiger partial charge in [0.05, 0.1) is 6.42 Å². The summed E-state index contributed by atoms with van der Waals surface area (Å²) in [4.78, 5) is 58.6. The zero-order chi connectivity index (χ0) is 24.5. The Morgan fingerprint density at radius 2 is 1.91 bits per heavy atom. The van der Waals surface area contributed by atoms with Gasteiger partial charge in [-0.05, 0) is 30.7 Å². The number of imidazole rings is 1. The minimum absolute atomic E-state index is 0.0648. The summed E-state index contributed by atoms with van der Waals surface area (Å²) in [6.45, 7) is 4.27. The van der Waals surface area contributed by atoms with Crippen LogP contribution >= 0.6 is 0 Å². The summed E-state index contributed by atoms with van der Waals surface area (Å²) < 4.78 is 5.36. The van der Waals surface area contributed by atoms with Crippen molar-refractivity contribution in [1.82, 2.24) is 15.3 Å². The molecule has 182 valence electrons. The Morgan fingerprint density at radius 1 is 1.15 bits per heavy atom. The largest absolute Gasteiger partial charge is 0.461 e. The molecular weight excluding hydrogens is 434 g/mol. The zero-order valence-electron chi connectivity index (χ0n) is 19.8. The Balaban J connectivity index is 1.67. The highest BCUT2D eigenvalue weighted by molar-refractivity contribution is 6.37. The standard InChI is InChI=1S/C26H33N3O5/c1-17(2)21(14-24(31)34-16-18-8-4-3-5-9-18)22(30)13-19-12-20-15-28-23(29-20)10-6-7-11-27-26(33)25(19)32/h3-5,8-9,15,17,19,21H,6-7,10-14,16H2,1-2H3,(H,27,33)(H,28,29). The molecule has 2 aromatic rings. The number of H-pyrrole nitrogens is 1. The third-order valence-corrected chi connectivity index (χ3v) is 6.16. The van der Waals surface area contributed by atoms with Gasteiger partial charge in [-0.2, -0.15) is 0 Å². The number of benzene rings is 1. The fraction of sp³-hybridized carbons (Fsp3) is 0.500. The Morgan fingerprint density at radius 3 is 2.65 bits per heavy atom. The predicted molar refractivity (Wildman–Crippen MR) is 126 cm³/mol. The first-order valence-electron chi connectivity index (χ1n) is 11.9. The second-order valence-electron chi connectivity index (χ2n) is 9.20. The van der Waals surface area contributed by atoms with Crippen LogP contribution in [-0.2, 0) is 43.4 Å². The Kier molecular flexibility index (Phi) is 9.13. The molecule has 0 fully saturated rings. The molecule has 2 N–H and O–H groups in total. The van der Waals surface area contributed by atoms with Gasteiger partial charge in [0.2, 0.25) is 5.78 Å². The van der Waals surface area contributed by atoms with Crippen LogP contribution in [0, 0.1) is 17.8 Å². The zero-order valence-corrected chi connectivity index (χ0v) is 19.8. The molecule has 0 aliphatic carbocycles. The topological polar surface area (TPSA) is 118 Å². The van der Waals surface area contributed by atoms with E-state index in [0.29, 0.717) is 6.54 Å². The van der Waals surface area contributed by atoms with Crippen molar-refractivity contribution in [2.75, 3.05) is 6.54 Å². The number of rotatable bonds is 8. The summed E-state index contributed by atoms with van der Waals surface area (Å²) in [5.74, 6) is -2.66. The predicted octanol–water partition coefficient (Wildman–Crippen LogP) is 2.95. The van der Waals surface area contributed by atoms with Crippen LogP contribution in [0.1, 0.15) is 56.6 Å². The molecule has 1 aromatic heterocycles. The summed E-state index contributed by atoms with van der Waals surface area (Å²) in [6.07, 6.45) is 4.04. The normalized spacial score (nSPS) is 17.9. The van der Waals surface area contributed by atoms with Crippen molar-refractivity contribution in [3.05, 3.63) is 53.6 Å². The van der Waals surface area contributed by atoms with E-state index in [-0.39, 0.29) is 37.6 Å². The van der Waals surface area contributed by atoms with E-state index in [9.17, 15) is 19.2 Å². The number of aromatic nitrogens is 2. The number of Topliss-reactive ketones (excluding diaryl/α,β-unsaturated/α-hetero) is 2. The summed E-state index contributed by atoms with van der Waals surface area (Å²) >= 11 is 0. The van der Waals surface area contributed by atoms with Crippen LogP contribution in [0.3, 0.4) is 0 Å². The number of nitrogens with one attached hydrogen (secondary N) is 2. The highest BCUT2D eigenvalue weighted by Crippen LogP contribution is 2.24. The number of hydrogen-bond acceptors (Lipinski definition) is 6. The molecule has 8 heteroatoms. The van der Waals surface area contributed by atoms with Crippen molar-refractivity contribution in [3.8, 4) is 0 Å². The van der Waals surface area contributed by atoms with E-state index in [1.54, 1.807) is 6.20 Å². The van der Waals surface area contributed by atoms with E-state index >= 15 is 0 Å². The van der Waals surface area contributed by atoms with Gasteiger partial charge < -0.3 is 15.0 Å². The first-order valence-corrected chi connectivity index (χ1v) is 11.9. The number of carbonyl (C=O) groups excluding carboxylic acids is 4. The number of fused-ring (bicyclic) bond motifs is 2. The van der Waals surface area contributed by atoms with E-state index in [4.69, 9.17) is 4.74 Å². The van der Waals surface area contributed by atoms with E-state index in [2.05, 4.69) is 15.3 Å². The number of nitrogens with zero attached hydrogens (tertiary/aromatic N) is 1. The van der Waals surface area contributed by atoms with E-state index < -0.39 is 29.5 Å². The fourth-order valence-electron chi connectivity index (χ4n) is 4.14. The quantitative estimate of drug-likeness (QED) is 0.455. The molecule has 2 atom stereocenters. The summed E-state index contributed by atoms with van der Waals surface area (Å²) in [7, 11) is 0. The maximum atomic E-state index is 13.2. The van der Waals surface area contributed by atoms with Crippen molar-refractivity contribution in [2.45, 2.75) is 59.0 Å². The average molecular weight is 468 g/mol. The van der Waals surface area contributed by atoms with Gasteiger partial charge in [0.15, 0.2) is 0 Å². The lowest BCUT2D eigenvalue weighted by atomic mass is 9.82. The monoisotopic (exact) mass is 467 g/mol. The number of aromatic amines is 1. The summed E-state index contributed by atoms with van der Waals surface area (Å²) in [5.41, 5.74) is 1.59. The molecule has 0 saturated carbocycles. The van der Waals surface area contributed by atoms with Crippen LogP contribution in [0.15, 0.2) is 36.5 Å². The van der Waals surface area contributed by atoms with Gasteiger partial charge in [0.1, 0.15) is 18.2 Å². The molecule has 1 aliphatic heterocycles.